The second kappa shape index (κ2) is 8.97. The van der Waals surface area contributed by atoms with E-state index < -0.39 is 24.0 Å². The number of nitrogens with two attached hydrogens (primary N) is 2. The molecule has 1 aromatic heterocycles. The van der Waals surface area contributed by atoms with E-state index in [1.807, 2.05) is 12.1 Å². The van der Waals surface area contributed by atoms with Gasteiger partial charge in [0, 0.05) is 5.69 Å². The molecule has 0 bridgehead atoms. The lowest BCUT2D eigenvalue weighted by Gasteiger charge is -2.27. The lowest BCUT2D eigenvalue weighted by molar-refractivity contribution is -0.142. The number of hydrogen-bond donors (Lipinski definition) is 5. The summed E-state index contributed by atoms with van der Waals surface area (Å²) in [5.41, 5.74) is 14.1. The summed E-state index contributed by atoms with van der Waals surface area (Å²) in [5.74, 6) is -1.34. The van der Waals surface area contributed by atoms with Crippen molar-refractivity contribution in [2.24, 2.45) is 5.73 Å². The van der Waals surface area contributed by atoms with E-state index in [2.05, 4.69) is 9.97 Å². The number of aliphatic hydroxyl groups is 2. The van der Waals surface area contributed by atoms with Gasteiger partial charge in [-0.15, -0.1) is 0 Å². The van der Waals surface area contributed by atoms with E-state index in [-0.39, 0.29) is 5.95 Å². The largest absolute Gasteiger partial charge is 0.380 e. The van der Waals surface area contributed by atoms with Crippen LogP contribution in [-0.4, -0.2) is 44.2 Å². The SMILES string of the molecule is NC(=O)C(O)C(O)C(=O)N(c1ccc(C2CCCCC2)cc1)c1ccc2nc(N)[nH]c2c1. The maximum absolute atomic E-state index is 13.2. The van der Waals surface area contributed by atoms with E-state index in [0.717, 1.165) is 12.8 Å². The van der Waals surface area contributed by atoms with E-state index in [4.69, 9.17) is 11.5 Å². The van der Waals surface area contributed by atoms with Gasteiger partial charge < -0.3 is 26.7 Å². The molecule has 0 radical (unpaired) electrons. The fraction of sp³-hybridized carbons (Fsp3) is 0.348. The number of aromatic amines is 1. The van der Waals surface area contributed by atoms with Gasteiger partial charge in [-0.05, 0) is 54.7 Å². The van der Waals surface area contributed by atoms with Crippen LogP contribution < -0.4 is 16.4 Å². The van der Waals surface area contributed by atoms with E-state index in [1.54, 1.807) is 30.3 Å². The van der Waals surface area contributed by atoms with Crippen LogP contribution in [0.4, 0.5) is 17.3 Å². The predicted molar refractivity (Wildman–Crippen MR) is 121 cm³/mol. The molecule has 0 saturated heterocycles. The Morgan fingerprint density at radius 1 is 1.00 bits per heavy atom. The van der Waals surface area contributed by atoms with Gasteiger partial charge >= 0.3 is 0 Å². The summed E-state index contributed by atoms with van der Waals surface area (Å²) < 4.78 is 0. The van der Waals surface area contributed by atoms with Crippen molar-refractivity contribution in [1.82, 2.24) is 9.97 Å². The highest BCUT2D eigenvalue weighted by Crippen LogP contribution is 2.35. The Morgan fingerprint density at radius 2 is 1.66 bits per heavy atom. The van der Waals surface area contributed by atoms with Gasteiger partial charge in [-0.1, -0.05) is 31.4 Å². The number of anilines is 3. The minimum atomic E-state index is -2.03. The molecule has 4 rings (SSSR count). The number of H-pyrrole nitrogens is 1. The number of nitrogen functional groups attached to an aromatic ring is 1. The number of aromatic nitrogens is 2. The summed E-state index contributed by atoms with van der Waals surface area (Å²) >= 11 is 0. The van der Waals surface area contributed by atoms with Crippen molar-refractivity contribution in [3.8, 4) is 0 Å². The summed E-state index contributed by atoms with van der Waals surface area (Å²) in [7, 11) is 0. The average Bonchev–Trinajstić information content (AvgIpc) is 3.18. The molecule has 0 spiro atoms. The number of nitrogens with zero attached hydrogens (tertiary/aromatic N) is 2. The first kappa shape index (κ1) is 21.8. The number of benzene rings is 2. The van der Waals surface area contributed by atoms with Crippen LogP contribution in [0, 0.1) is 0 Å². The first-order valence-electron chi connectivity index (χ1n) is 10.7. The van der Waals surface area contributed by atoms with Crippen molar-refractivity contribution < 1.29 is 19.8 Å². The Bertz CT molecular complexity index is 1120. The van der Waals surface area contributed by atoms with Crippen molar-refractivity contribution in [2.75, 3.05) is 10.6 Å². The van der Waals surface area contributed by atoms with Crippen LogP contribution in [0.2, 0.25) is 0 Å². The molecule has 9 nitrogen and oxygen atoms in total. The number of fused-ring (bicyclic) bond motifs is 1. The second-order valence-electron chi connectivity index (χ2n) is 8.22. The van der Waals surface area contributed by atoms with Gasteiger partial charge in [-0.25, -0.2) is 4.98 Å². The highest BCUT2D eigenvalue weighted by atomic mass is 16.3. The van der Waals surface area contributed by atoms with Gasteiger partial charge in [0.25, 0.3) is 5.91 Å². The molecule has 2 atom stereocenters. The minimum Gasteiger partial charge on any atom is -0.380 e. The highest BCUT2D eigenvalue weighted by Gasteiger charge is 2.34. The Hall–Kier alpha value is -3.43. The van der Waals surface area contributed by atoms with E-state index >= 15 is 0 Å². The standard InChI is InChI=1S/C23H27N5O4/c24-21(31)19(29)20(30)22(32)28(16-10-11-17-18(12-16)27-23(25)26-17)15-8-6-14(7-9-15)13-4-2-1-3-5-13/h6-13,19-20,29-30H,1-5H2,(H2,24,31)(H3,25,26,27). The third-order valence-corrected chi connectivity index (χ3v) is 6.03. The van der Waals surface area contributed by atoms with Gasteiger partial charge in [-0.3, -0.25) is 14.5 Å². The molecule has 7 N–H and O–H groups in total. The van der Waals surface area contributed by atoms with Crippen molar-refractivity contribution in [3.05, 3.63) is 48.0 Å². The number of rotatable bonds is 6. The molecule has 3 aromatic rings. The second-order valence-corrected chi connectivity index (χ2v) is 8.22. The lowest BCUT2D eigenvalue weighted by Crippen LogP contribution is -2.48. The van der Waals surface area contributed by atoms with E-state index in [0.29, 0.717) is 28.3 Å². The van der Waals surface area contributed by atoms with Gasteiger partial charge in [0.2, 0.25) is 5.91 Å². The molecule has 2 unspecified atom stereocenters. The van der Waals surface area contributed by atoms with Crippen molar-refractivity contribution in [1.29, 1.82) is 0 Å². The monoisotopic (exact) mass is 437 g/mol. The first-order valence-corrected chi connectivity index (χ1v) is 10.7. The molecular formula is C23H27N5O4. The summed E-state index contributed by atoms with van der Waals surface area (Å²) in [6, 6.07) is 12.6. The maximum atomic E-state index is 13.2. The molecular weight excluding hydrogens is 410 g/mol. The molecule has 0 aliphatic heterocycles. The fourth-order valence-corrected chi connectivity index (χ4v) is 4.31. The number of amides is 2. The van der Waals surface area contributed by atoms with Crippen LogP contribution in [0.3, 0.4) is 0 Å². The average molecular weight is 438 g/mol. The number of nitrogens with one attached hydrogen (secondary N) is 1. The molecule has 2 amide bonds. The summed E-state index contributed by atoms with van der Waals surface area (Å²) in [6.07, 6.45) is 1.92. The molecule has 1 aliphatic carbocycles. The van der Waals surface area contributed by atoms with Crippen LogP contribution in [0.15, 0.2) is 42.5 Å². The number of carbonyl (C=O) groups is 2. The Balaban J connectivity index is 1.72. The summed E-state index contributed by atoms with van der Waals surface area (Å²) in [6.45, 7) is 0. The quantitative estimate of drug-likeness (QED) is 0.397. The van der Waals surface area contributed by atoms with E-state index in [1.165, 1.54) is 29.7 Å². The zero-order chi connectivity index (χ0) is 22.8. The molecule has 1 fully saturated rings. The predicted octanol–water partition coefficient (Wildman–Crippen LogP) is 2.06. The topological polar surface area (TPSA) is 159 Å². The van der Waals surface area contributed by atoms with Gasteiger partial charge in [-0.2, -0.15) is 0 Å². The first-order chi connectivity index (χ1) is 15.3. The number of carbonyl (C=O) groups excluding carboxylic acids is 2. The molecule has 9 heteroatoms. The molecule has 168 valence electrons. The van der Waals surface area contributed by atoms with Gasteiger partial charge in [0.05, 0.1) is 16.7 Å². The Labute approximate surface area is 185 Å². The van der Waals surface area contributed by atoms with Gasteiger partial charge in [0.1, 0.15) is 0 Å². The van der Waals surface area contributed by atoms with Crippen molar-refractivity contribution >= 4 is 40.2 Å². The van der Waals surface area contributed by atoms with Crippen LogP contribution in [-0.2, 0) is 9.59 Å². The Morgan fingerprint density at radius 3 is 2.31 bits per heavy atom. The smallest absolute Gasteiger partial charge is 0.263 e. The van der Waals surface area contributed by atoms with Gasteiger partial charge in [0.15, 0.2) is 18.2 Å². The number of hydrogen-bond acceptors (Lipinski definition) is 6. The zero-order valence-electron chi connectivity index (χ0n) is 17.6. The van der Waals surface area contributed by atoms with Crippen molar-refractivity contribution in [3.63, 3.8) is 0 Å². The molecule has 32 heavy (non-hydrogen) atoms. The minimum absolute atomic E-state index is 0.232. The molecule has 1 aliphatic rings. The third kappa shape index (κ3) is 4.30. The molecule has 1 heterocycles. The summed E-state index contributed by atoms with van der Waals surface area (Å²) in [4.78, 5) is 32.8. The zero-order valence-corrected chi connectivity index (χ0v) is 17.6. The summed E-state index contributed by atoms with van der Waals surface area (Å²) in [5, 5.41) is 20.2. The lowest BCUT2D eigenvalue weighted by atomic mass is 9.84. The normalized spacial score (nSPS) is 16.6. The highest BCUT2D eigenvalue weighted by molar-refractivity contribution is 6.06. The third-order valence-electron chi connectivity index (χ3n) is 6.03. The van der Waals surface area contributed by atoms with Crippen LogP contribution in [0.25, 0.3) is 11.0 Å². The molecule has 1 saturated carbocycles. The number of imidazole rings is 1. The van der Waals surface area contributed by atoms with Crippen LogP contribution in [0.5, 0.6) is 0 Å². The number of aliphatic hydroxyl groups excluding tert-OH is 2. The van der Waals surface area contributed by atoms with Crippen LogP contribution in [0.1, 0.15) is 43.6 Å². The van der Waals surface area contributed by atoms with Crippen molar-refractivity contribution in [2.45, 2.75) is 50.2 Å². The Kier molecular flexibility index (Phi) is 6.11. The number of primary amides is 1. The fourth-order valence-electron chi connectivity index (χ4n) is 4.31. The maximum Gasteiger partial charge on any atom is 0.263 e. The van der Waals surface area contributed by atoms with Crippen LogP contribution >= 0.6 is 0 Å². The molecule has 2 aromatic carbocycles. The van der Waals surface area contributed by atoms with E-state index in [9.17, 15) is 19.8 Å².